The number of carbonyl (C=O) groups is 1. The summed E-state index contributed by atoms with van der Waals surface area (Å²) in [7, 11) is -3.62. The summed E-state index contributed by atoms with van der Waals surface area (Å²) in [5.41, 5.74) is -0.508. The van der Waals surface area contributed by atoms with E-state index < -0.39 is 33.4 Å². The smallest absolute Gasteiger partial charge is 0.354 e. The first-order chi connectivity index (χ1) is 17.9. The number of alkyl halides is 3. The fraction of sp³-hybridized carbons (Fsp3) is 0.409. The third kappa shape index (κ3) is 5.88. The molecule has 0 aromatic carbocycles. The largest absolute Gasteiger partial charge is 0.420 e. The number of nitrogens with one attached hydrogen (secondary N) is 2. The topological polar surface area (TPSA) is 135 Å². The number of hydrogen-bond donors (Lipinski definition) is 2. The van der Waals surface area contributed by atoms with Gasteiger partial charge in [0.2, 0.25) is 16.0 Å². The van der Waals surface area contributed by atoms with Gasteiger partial charge in [-0.05, 0) is 31.9 Å². The standard InChI is InChI=1S/C22H25F3N8O3S/c1-13-18(5-4-16(29-13)20(34)26-2)32-11-17(28-12-32)19-15(22(23,24)25)10-27-21(31-19)30-14-6-8-33(9-7-14)37(3,35)36/h4-5,10-12,14H,6-9H2,1-3H3,(H,26,34)(H,27,30,31)/i2D. The highest BCUT2D eigenvalue weighted by Gasteiger charge is 2.36. The van der Waals surface area contributed by atoms with E-state index in [0.29, 0.717) is 30.4 Å². The van der Waals surface area contributed by atoms with Crippen molar-refractivity contribution in [2.24, 2.45) is 0 Å². The van der Waals surface area contributed by atoms with Gasteiger partial charge < -0.3 is 15.2 Å². The molecule has 2 N–H and O–H groups in total. The molecule has 0 spiro atoms. The molecule has 3 aromatic rings. The Labute approximate surface area is 212 Å². The van der Waals surface area contributed by atoms with E-state index in [1.165, 1.54) is 27.5 Å². The van der Waals surface area contributed by atoms with Crippen LogP contribution in [0.15, 0.2) is 30.9 Å². The van der Waals surface area contributed by atoms with E-state index in [4.69, 9.17) is 1.37 Å². The van der Waals surface area contributed by atoms with Crippen molar-refractivity contribution in [1.29, 1.82) is 0 Å². The molecule has 1 aliphatic heterocycles. The SMILES string of the molecule is [2H]CNC(=O)c1ccc(-n2cnc(-c3nc(NC4CCN(S(C)(=O)=O)CC4)ncc3C(F)(F)F)c2)c(C)n1. The van der Waals surface area contributed by atoms with Crippen LogP contribution < -0.4 is 10.6 Å². The van der Waals surface area contributed by atoms with Crippen LogP contribution in [0.4, 0.5) is 19.1 Å². The number of anilines is 1. The molecule has 0 unspecified atom stereocenters. The number of halogens is 3. The Balaban J connectivity index is 1.60. The minimum atomic E-state index is -4.73. The highest BCUT2D eigenvalue weighted by atomic mass is 32.2. The first-order valence-electron chi connectivity index (χ1n) is 11.8. The molecule has 3 aromatic heterocycles. The van der Waals surface area contributed by atoms with Crippen molar-refractivity contribution in [2.45, 2.75) is 32.0 Å². The predicted molar refractivity (Wildman–Crippen MR) is 129 cm³/mol. The number of rotatable bonds is 6. The van der Waals surface area contributed by atoms with Gasteiger partial charge in [-0.3, -0.25) is 4.79 Å². The molecule has 0 atom stereocenters. The van der Waals surface area contributed by atoms with Crippen molar-refractivity contribution in [2.75, 3.05) is 31.7 Å². The third-order valence-electron chi connectivity index (χ3n) is 5.90. The van der Waals surface area contributed by atoms with E-state index >= 15 is 0 Å². The number of sulfonamides is 1. The van der Waals surface area contributed by atoms with Gasteiger partial charge in [0.05, 0.1) is 17.6 Å². The maximum atomic E-state index is 13.8. The van der Waals surface area contributed by atoms with E-state index in [0.717, 1.165) is 6.26 Å². The van der Waals surface area contributed by atoms with Gasteiger partial charge in [0.15, 0.2) is 0 Å². The number of pyridine rings is 1. The number of nitrogens with zero attached hydrogens (tertiary/aromatic N) is 6. The maximum Gasteiger partial charge on any atom is 0.420 e. The molecule has 0 saturated carbocycles. The zero-order chi connectivity index (χ0) is 27.7. The normalized spacial score (nSPS) is 15.9. The van der Waals surface area contributed by atoms with Crippen molar-refractivity contribution < 1.29 is 27.8 Å². The molecule has 1 amide bonds. The minimum absolute atomic E-state index is 0.0250. The zero-order valence-electron chi connectivity index (χ0n) is 20.9. The molecule has 11 nitrogen and oxygen atoms in total. The fourth-order valence-electron chi connectivity index (χ4n) is 3.99. The number of aromatic nitrogens is 5. The highest BCUT2D eigenvalue weighted by Crippen LogP contribution is 2.36. The second-order valence-electron chi connectivity index (χ2n) is 8.51. The van der Waals surface area contributed by atoms with Crippen LogP contribution in [0.1, 0.15) is 36.0 Å². The second kappa shape index (κ2) is 10.0. The lowest BCUT2D eigenvalue weighted by atomic mass is 10.1. The number of aryl methyl sites for hydroxylation is 1. The quantitative estimate of drug-likeness (QED) is 0.487. The third-order valence-corrected chi connectivity index (χ3v) is 7.21. The van der Waals surface area contributed by atoms with Gasteiger partial charge in [-0.15, -0.1) is 0 Å². The summed E-state index contributed by atoms with van der Waals surface area (Å²) in [6.07, 6.45) is 0.684. The lowest BCUT2D eigenvalue weighted by Gasteiger charge is -2.30. The van der Waals surface area contributed by atoms with Crippen molar-refractivity contribution in [1.82, 2.24) is 34.1 Å². The monoisotopic (exact) mass is 539 g/mol. The first-order valence-corrected chi connectivity index (χ1v) is 13.0. The Hall–Kier alpha value is -3.59. The Kier molecular flexibility index (Phi) is 6.81. The summed E-state index contributed by atoms with van der Waals surface area (Å²) in [5.74, 6) is -0.540. The molecule has 1 fully saturated rings. The predicted octanol–water partition coefficient (Wildman–Crippen LogP) is 2.25. The molecule has 0 aliphatic carbocycles. The van der Waals surface area contributed by atoms with Crippen molar-refractivity contribution in [3.8, 4) is 17.1 Å². The number of piperidine rings is 1. The summed E-state index contributed by atoms with van der Waals surface area (Å²) in [4.78, 5) is 28.2. The first kappa shape index (κ1) is 25.1. The van der Waals surface area contributed by atoms with Crippen molar-refractivity contribution >= 4 is 21.9 Å². The Morgan fingerprint density at radius 3 is 2.54 bits per heavy atom. The highest BCUT2D eigenvalue weighted by molar-refractivity contribution is 7.88. The molecular formula is C22H25F3N8O3S. The summed E-state index contributed by atoms with van der Waals surface area (Å²) >= 11 is 0. The van der Waals surface area contributed by atoms with Crippen LogP contribution in [0, 0.1) is 6.92 Å². The van der Waals surface area contributed by atoms with Gasteiger partial charge in [0, 0.05) is 39.9 Å². The van der Waals surface area contributed by atoms with Gasteiger partial charge >= 0.3 is 6.18 Å². The summed E-state index contributed by atoms with van der Waals surface area (Å²) in [5, 5.41) is 5.34. The van der Waals surface area contributed by atoms with Crippen LogP contribution >= 0.6 is 0 Å². The van der Waals surface area contributed by atoms with Gasteiger partial charge in [-0.1, -0.05) is 0 Å². The van der Waals surface area contributed by atoms with Gasteiger partial charge in [-0.2, -0.15) is 13.2 Å². The van der Waals surface area contributed by atoms with Crippen molar-refractivity contribution in [3.05, 3.63) is 47.8 Å². The molecule has 4 rings (SSSR count). The summed E-state index contributed by atoms with van der Waals surface area (Å²) < 4.78 is 74.7. The minimum Gasteiger partial charge on any atom is -0.354 e. The molecule has 198 valence electrons. The van der Waals surface area contributed by atoms with Gasteiger partial charge in [-0.25, -0.2) is 32.7 Å². The number of carbonyl (C=O) groups excluding carboxylic acids is 1. The van der Waals surface area contributed by atoms with Crippen LogP contribution in [-0.2, 0) is 16.2 Å². The number of hydrogen-bond acceptors (Lipinski definition) is 8. The average Bonchev–Trinajstić information content (AvgIpc) is 3.33. The molecule has 1 saturated heterocycles. The molecule has 1 aliphatic rings. The summed E-state index contributed by atoms with van der Waals surface area (Å²) in [6.45, 7) is 2.20. The van der Waals surface area contributed by atoms with Crippen LogP contribution in [0.3, 0.4) is 0 Å². The van der Waals surface area contributed by atoms with E-state index in [2.05, 4.69) is 30.6 Å². The van der Waals surface area contributed by atoms with Gasteiger partial charge in [0.25, 0.3) is 5.91 Å². The van der Waals surface area contributed by atoms with E-state index in [-0.39, 0.29) is 43.5 Å². The van der Waals surface area contributed by atoms with Crippen LogP contribution in [0.25, 0.3) is 17.1 Å². The Bertz CT molecular complexity index is 1440. The second-order valence-corrected chi connectivity index (χ2v) is 10.5. The maximum absolute atomic E-state index is 13.8. The van der Waals surface area contributed by atoms with E-state index in [9.17, 15) is 26.4 Å². The number of amides is 1. The molecular weight excluding hydrogens is 513 g/mol. The average molecular weight is 540 g/mol. The zero-order valence-corrected chi connectivity index (χ0v) is 20.8. The van der Waals surface area contributed by atoms with Crippen molar-refractivity contribution in [3.63, 3.8) is 0 Å². The molecule has 4 heterocycles. The van der Waals surface area contributed by atoms with E-state index in [1.54, 1.807) is 13.0 Å². The lowest BCUT2D eigenvalue weighted by molar-refractivity contribution is -0.137. The molecule has 0 bridgehead atoms. The number of imidazole rings is 1. The molecule has 37 heavy (non-hydrogen) atoms. The van der Waals surface area contributed by atoms with E-state index in [1.807, 2.05) is 0 Å². The van der Waals surface area contributed by atoms with Crippen LogP contribution in [-0.4, -0.2) is 75.5 Å². The Morgan fingerprint density at radius 2 is 1.92 bits per heavy atom. The molecule has 0 radical (unpaired) electrons. The summed E-state index contributed by atoms with van der Waals surface area (Å²) in [6, 6.07) is 2.80. The van der Waals surface area contributed by atoms with Gasteiger partial charge in [0.1, 0.15) is 29.0 Å². The lowest BCUT2D eigenvalue weighted by Crippen LogP contribution is -2.42. The van der Waals surface area contributed by atoms with Crippen LogP contribution in [0.5, 0.6) is 0 Å². The molecule has 15 heteroatoms. The van der Waals surface area contributed by atoms with Crippen LogP contribution in [0.2, 0.25) is 0 Å². The Morgan fingerprint density at radius 1 is 1.19 bits per heavy atom. The fourth-order valence-corrected chi connectivity index (χ4v) is 4.86.